The number of halogens is 1. The highest BCUT2D eigenvalue weighted by Gasteiger charge is 2.61. The minimum atomic E-state index is -6.56. The molecule has 3 aliphatic heterocycles. The number of hydrogen-bond donors (Lipinski definition) is 11. The Balaban J connectivity index is 2.08. The van der Waals surface area contributed by atoms with Gasteiger partial charge in [0.05, 0.1) is 37.1 Å². The molecule has 4 rings (SSSR count). The molecular weight excluding hydrogens is 1450 g/mol. The van der Waals surface area contributed by atoms with E-state index >= 15 is 0 Å². The lowest BCUT2D eigenvalue weighted by Gasteiger charge is -2.50. The van der Waals surface area contributed by atoms with E-state index < -0.39 is 228 Å². The summed E-state index contributed by atoms with van der Waals surface area (Å²) in [5.41, 5.74) is -0.316. The molecule has 0 aliphatic carbocycles. The van der Waals surface area contributed by atoms with Crippen molar-refractivity contribution in [1.29, 1.82) is 0 Å². The molecule has 1 aromatic carbocycles. The van der Waals surface area contributed by atoms with E-state index in [9.17, 15) is 135 Å². The Labute approximate surface area is 488 Å². The molecule has 0 saturated carbocycles. The Bertz CT molecular complexity index is 3770. The van der Waals surface area contributed by atoms with Crippen LogP contribution in [0.3, 0.4) is 0 Å². The molecule has 3 aliphatic rings. The van der Waals surface area contributed by atoms with Gasteiger partial charge in [-0.25, -0.2) is 41.8 Å². The highest BCUT2D eigenvalue weighted by molar-refractivity contribution is 7.83. The number of ether oxygens (including phenoxy) is 6. The smallest absolute Gasteiger partial charge is 0.345 e. The maximum atomic E-state index is 12.7. The first-order chi connectivity index (χ1) is 38.5. The van der Waals surface area contributed by atoms with Crippen LogP contribution in [0.2, 0.25) is 5.02 Å². The van der Waals surface area contributed by atoms with E-state index in [1.54, 1.807) is 0 Å². The van der Waals surface area contributed by atoms with Gasteiger partial charge in [-0.2, -0.15) is 84.2 Å². The molecule has 3 saturated heterocycles. The molecule has 0 unspecified atom stereocenters. The summed E-state index contributed by atoms with van der Waals surface area (Å²) in [6, 6.07) is 3.24. The molecule has 59 heteroatoms. The van der Waals surface area contributed by atoms with Crippen molar-refractivity contribution in [1.82, 2.24) is 0 Å². The Morgan fingerprint density at radius 3 is 1.01 bits per heavy atom. The van der Waals surface area contributed by atoms with E-state index in [1.807, 2.05) is 0 Å². The summed E-state index contributed by atoms with van der Waals surface area (Å²) < 4.78 is 416. The third kappa shape index (κ3) is 26.7. The molecule has 0 aromatic heterocycles. The van der Waals surface area contributed by atoms with Crippen LogP contribution in [0.5, 0.6) is 0 Å². The third-order valence-corrected chi connectivity index (χ3v) is 14.8. The molecule has 3 heterocycles. The van der Waals surface area contributed by atoms with Crippen LogP contribution in [0.25, 0.3) is 0 Å². The number of carbonyl (C=O) groups excluding carboxylic acids is 1. The van der Waals surface area contributed by atoms with Crippen molar-refractivity contribution in [3.63, 3.8) is 0 Å². The van der Waals surface area contributed by atoms with Crippen molar-refractivity contribution in [2.24, 2.45) is 0 Å². The van der Waals surface area contributed by atoms with E-state index in [2.05, 4.69) is 47.1 Å². The largest absolute Gasteiger partial charge is 0.397 e. The van der Waals surface area contributed by atoms with Gasteiger partial charge in [0.25, 0.3) is 0 Å². The first kappa shape index (κ1) is 75.9. The maximum absolute atomic E-state index is 12.7. The summed E-state index contributed by atoms with van der Waals surface area (Å²) in [6.45, 7) is -6.21. The first-order valence-electron chi connectivity index (χ1n) is 20.9. The van der Waals surface area contributed by atoms with Crippen molar-refractivity contribution < 1.29 is 205 Å². The van der Waals surface area contributed by atoms with Crippen LogP contribution in [-0.4, -0.2) is 248 Å². The van der Waals surface area contributed by atoms with Gasteiger partial charge >= 0.3 is 104 Å². The van der Waals surface area contributed by atoms with E-state index in [4.69, 9.17) is 40.0 Å². The van der Waals surface area contributed by atoms with Crippen LogP contribution < -0.4 is 5.32 Å². The number of benzene rings is 1. The quantitative estimate of drug-likeness (QED) is 0.0308. The zero-order chi connectivity index (χ0) is 65.9. The zero-order valence-electron chi connectivity index (χ0n) is 40.8. The van der Waals surface area contributed by atoms with E-state index in [0.29, 0.717) is 0 Å². The minimum absolute atomic E-state index is 0.145. The molecule has 0 bridgehead atoms. The molecule has 48 nitrogen and oxygen atoms in total. The molecule has 0 radical (unpaired) electrons. The van der Waals surface area contributed by atoms with Gasteiger partial charge in [-0.05, 0) is 17.7 Å². The number of anilines is 1. The second-order valence-corrected chi connectivity index (χ2v) is 27.2. The van der Waals surface area contributed by atoms with Gasteiger partial charge in [0.2, 0.25) is 5.91 Å². The van der Waals surface area contributed by atoms with Gasteiger partial charge in [-0.3, -0.25) is 50.3 Å². The summed E-state index contributed by atoms with van der Waals surface area (Å²) in [4.78, 5) is 11.8. The van der Waals surface area contributed by atoms with Crippen molar-refractivity contribution >= 4 is 127 Å². The average Bonchev–Trinajstić information content (AvgIpc) is 1.20. The normalized spacial score (nSPS) is 29.7. The highest BCUT2D eigenvalue weighted by Crippen LogP contribution is 2.40. The fourth-order valence-corrected chi connectivity index (χ4v) is 11.9. The maximum Gasteiger partial charge on any atom is 0.397 e. The van der Waals surface area contributed by atoms with E-state index in [1.165, 1.54) is 0 Å². The van der Waals surface area contributed by atoms with Crippen molar-refractivity contribution in [3.05, 3.63) is 28.8 Å². The Kier molecular flexibility index (Phi) is 25.2. The molecule has 11 N–H and O–H groups in total. The van der Waals surface area contributed by atoms with Crippen molar-refractivity contribution in [2.45, 2.75) is 106 Å². The summed E-state index contributed by atoms with van der Waals surface area (Å²) in [7, 11) is -62.4. The number of amides is 1. The fraction of sp³-hybridized carbons (Fsp3) is 0.741. The Morgan fingerprint density at radius 2 is 0.698 bits per heavy atom. The highest BCUT2D eigenvalue weighted by atomic mass is 35.5. The van der Waals surface area contributed by atoms with Crippen LogP contribution in [0.1, 0.15) is 12.5 Å². The molecule has 1 aromatic rings. The SMILES string of the molecule is CC(=O)Nc1cc(CO[C@@H]2O[C@H](COS(=O)(=O)O)[C@@H](O[C@@H]3O[C@H](COS(=O)(=O)O)[C@@H](O[C@@H]4O[C@H](COS(=O)(=O)O)[C@@H](OS(=O)(=O)O)[C@H](OS(=O)(=O)O)[C@H]4OS(=O)(=O)O)[C@H](OS(=O)(=O)O)[C@H]3OS(=O)(=O)O)[C@H](OS(=O)(=O)O)[C@H]2OS(=O)(=O)O)ccc1Cl. The summed E-state index contributed by atoms with van der Waals surface area (Å²) in [5.74, 6) is -0.730. The second-order valence-electron chi connectivity index (χ2n) is 16.2. The topological polar surface area (TPSA) is 720 Å². The van der Waals surface area contributed by atoms with Gasteiger partial charge in [0, 0.05) is 6.92 Å². The summed E-state index contributed by atoms with van der Waals surface area (Å²) in [5, 5.41) is 2.12. The van der Waals surface area contributed by atoms with Crippen molar-refractivity contribution in [3.8, 4) is 0 Å². The number of nitrogens with one attached hydrogen (secondary N) is 1. The molecule has 86 heavy (non-hydrogen) atoms. The first-order valence-corrected chi connectivity index (χ1v) is 35.0. The molecule has 3 fully saturated rings. The molecular formula is C27H40ClNO47S10. The standard InChI is InChI=1S/C27H40ClNO47S10/c1-9(30)29-12-4-10(2-3-11(12)28)5-61-25-22(74-84(52,53)54)19(71-81(43,44)45)16(13(65-25)6-62-77(31,32)33)68-26-23(75-85(55,56)57)20(72-82(46,47)48)17(14(66-26)7-63-78(34,35)36)69-27-24(76-86(58,59)60)21(73-83(49,50)51)18(70-80(40,41)42)15(67-27)8-64-79(37,38)39/h2-4,13-27H,5-8H2,1H3,(H,29,30)(H,31,32,33)(H,34,35,36)(H,37,38,39)(H,40,41,42)(H,43,44,45)(H,46,47,48)(H,49,50,51)(H,52,53,54)(H,55,56,57)(H,58,59,60)/t13-,14-,15-,16-,17-,18-,19+,20+,21+,22-,23-,24-,25-,26+,27+/m1/s1. The second kappa shape index (κ2) is 28.5. The van der Waals surface area contributed by atoms with Gasteiger partial charge in [0.1, 0.15) is 54.9 Å². The van der Waals surface area contributed by atoms with E-state index in [-0.39, 0.29) is 16.3 Å². The minimum Gasteiger partial charge on any atom is -0.345 e. The summed E-state index contributed by atoms with van der Waals surface area (Å²) in [6.07, 6.45) is -50.1. The summed E-state index contributed by atoms with van der Waals surface area (Å²) >= 11 is 6.06. The van der Waals surface area contributed by atoms with Crippen LogP contribution >= 0.6 is 11.6 Å². The molecule has 15 atom stereocenters. The Morgan fingerprint density at radius 1 is 0.419 bits per heavy atom. The van der Waals surface area contributed by atoms with Crippen LogP contribution in [0.4, 0.5) is 5.69 Å². The predicted molar refractivity (Wildman–Crippen MR) is 254 cm³/mol. The number of rotatable bonds is 31. The number of hydrogen-bond acceptors (Lipinski definition) is 37. The van der Waals surface area contributed by atoms with Gasteiger partial charge in [-0.15, -0.1) is 0 Å². The predicted octanol–water partition coefficient (Wildman–Crippen LogP) is -6.47. The molecule has 0 spiro atoms. The van der Waals surface area contributed by atoms with E-state index in [0.717, 1.165) is 25.1 Å². The van der Waals surface area contributed by atoms with Crippen LogP contribution in [-0.2, 0) is 186 Å². The fourth-order valence-electron chi connectivity index (χ4n) is 7.35. The van der Waals surface area contributed by atoms with Gasteiger partial charge < -0.3 is 33.7 Å². The average molecular weight is 1490 g/mol. The lowest BCUT2D eigenvalue weighted by atomic mass is 9.96. The zero-order valence-corrected chi connectivity index (χ0v) is 49.7. The molecule has 502 valence electrons. The van der Waals surface area contributed by atoms with Crippen LogP contribution in [0, 0.1) is 0 Å². The lowest BCUT2D eigenvalue weighted by molar-refractivity contribution is -0.369. The monoisotopic (exact) mass is 1480 g/mol. The number of carbonyl (C=O) groups is 1. The lowest BCUT2D eigenvalue weighted by Crippen LogP contribution is -2.69. The third-order valence-electron chi connectivity index (χ3n) is 9.88. The Hall–Kier alpha value is -2.56. The van der Waals surface area contributed by atoms with Gasteiger partial charge in [0.15, 0.2) is 37.2 Å². The van der Waals surface area contributed by atoms with Crippen LogP contribution in [0.15, 0.2) is 18.2 Å². The van der Waals surface area contributed by atoms with Gasteiger partial charge in [-0.1, -0.05) is 17.7 Å². The van der Waals surface area contributed by atoms with Crippen molar-refractivity contribution in [2.75, 3.05) is 25.1 Å². The molecule has 1 amide bonds.